The smallest absolute Gasteiger partial charge is 0.450 e. The van der Waals surface area contributed by atoms with Crippen molar-refractivity contribution in [2.24, 2.45) is 16.8 Å². The zero-order valence-corrected chi connectivity index (χ0v) is 8.40. The summed E-state index contributed by atoms with van der Waals surface area (Å²) in [5.41, 5.74) is 8.32. The SMILES string of the molecule is C/C(=N\NC(=N)N)C(C)C.O=C(O)O. The third-order valence-electron chi connectivity index (χ3n) is 1.19. The summed E-state index contributed by atoms with van der Waals surface area (Å²) in [6.45, 7) is 5.95. The lowest BCUT2D eigenvalue weighted by Crippen LogP contribution is -2.27. The monoisotopic (exact) mass is 204 g/mol. The molecule has 0 bridgehead atoms. The van der Waals surface area contributed by atoms with Crippen LogP contribution in [0, 0.1) is 11.3 Å². The lowest BCUT2D eigenvalue weighted by Gasteiger charge is -2.03. The van der Waals surface area contributed by atoms with Crippen LogP contribution in [-0.2, 0) is 0 Å². The molecule has 0 aliphatic rings. The van der Waals surface area contributed by atoms with Gasteiger partial charge in [-0.05, 0) is 12.8 Å². The summed E-state index contributed by atoms with van der Waals surface area (Å²) in [6, 6.07) is 0. The first-order valence-electron chi connectivity index (χ1n) is 3.83. The van der Waals surface area contributed by atoms with Gasteiger partial charge in [-0.2, -0.15) is 5.10 Å². The molecule has 7 heteroatoms. The fourth-order valence-electron chi connectivity index (χ4n) is 0.278. The molecule has 0 aliphatic carbocycles. The van der Waals surface area contributed by atoms with E-state index in [4.69, 9.17) is 26.2 Å². The fourth-order valence-corrected chi connectivity index (χ4v) is 0.278. The largest absolute Gasteiger partial charge is 0.503 e. The van der Waals surface area contributed by atoms with Crippen molar-refractivity contribution in [1.29, 1.82) is 5.41 Å². The van der Waals surface area contributed by atoms with E-state index in [-0.39, 0.29) is 5.96 Å². The number of nitrogens with two attached hydrogens (primary N) is 1. The summed E-state index contributed by atoms with van der Waals surface area (Å²) in [4.78, 5) is 8.56. The molecule has 0 saturated heterocycles. The van der Waals surface area contributed by atoms with Crippen LogP contribution in [0.1, 0.15) is 20.8 Å². The molecule has 0 aromatic carbocycles. The lowest BCUT2D eigenvalue weighted by atomic mass is 10.1. The second-order valence-corrected chi connectivity index (χ2v) is 2.72. The summed E-state index contributed by atoms with van der Waals surface area (Å²) < 4.78 is 0. The van der Waals surface area contributed by atoms with E-state index in [2.05, 4.69) is 10.5 Å². The van der Waals surface area contributed by atoms with Crippen LogP contribution in [0.4, 0.5) is 4.79 Å². The Bertz CT molecular complexity index is 221. The Balaban J connectivity index is 0. The Morgan fingerprint density at radius 1 is 1.50 bits per heavy atom. The minimum atomic E-state index is -1.83. The quantitative estimate of drug-likeness (QED) is 0.257. The number of nitrogens with one attached hydrogen (secondary N) is 2. The molecular formula is C7H16N4O3. The third-order valence-corrected chi connectivity index (χ3v) is 1.19. The Labute approximate surface area is 82.1 Å². The summed E-state index contributed by atoms with van der Waals surface area (Å²) in [7, 11) is 0. The summed E-state index contributed by atoms with van der Waals surface area (Å²) in [5, 5.41) is 24.6. The van der Waals surface area contributed by atoms with Gasteiger partial charge in [0.05, 0.1) is 0 Å². The van der Waals surface area contributed by atoms with Gasteiger partial charge >= 0.3 is 6.16 Å². The minimum Gasteiger partial charge on any atom is -0.450 e. The maximum Gasteiger partial charge on any atom is 0.503 e. The van der Waals surface area contributed by atoms with Crippen LogP contribution in [0.5, 0.6) is 0 Å². The number of carboxylic acid groups (broad SMARTS) is 2. The third kappa shape index (κ3) is 16.7. The van der Waals surface area contributed by atoms with Gasteiger partial charge in [0.1, 0.15) is 0 Å². The highest BCUT2D eigenvalue weighted by molar-refractivity contribution is 5.85. The van der Waals surface area contributed by atoms with E-state index in [1.807, 2.05) is 20.8 Å². The van der Waals surface area contributed by atoms with Crippen LogP contribution in [0.2, 0.25) is 0 Å². The number of hydrogen-bond donors (Lipinski definition) is 5. The molecule has 0 unspecified atom stereocenters. The zero-order chi connectivity index (χ0) is 11.7. The fraction of sp³-hybridized carbons (Fsp3) is 0.571. The van der Waals surface area contributed by atoms with E-state index in [9.17, 15) is 0 Å². The Morgan fingerprint density at radius 2 is 1.86 bits per heavy atom. The first-order chi connectivity index (χ1) is 6.27. The summed E-state index contributed by atoms with van der Waals surface area (Å²) in [6.07, 6.45) is -1.83. The van der Waals surface area contributed by atoms with E-state index in [1.165, 1.54) is 0 Å². The average molecular weight is 204 g/mol. The Hall–Kier alpha value is -1.79. The van der Waals surface area contributed by atoms with Gasteiger partial charge in [-0.15, -0.1) is 0 Å². The molecule has 0 atom stereocenters. The van der Waals surface area contributed by atoms with Crippen LogP contribution in [-0.4, -0.2) is 28.0 Å². The number of hydrogen-bond acceptors (Lipinski definition) is 3. The van der Waals surface area contributed by atoms with Gasteiger partial charge in [0.15, 0.2) is 0 Å². The molecule has 0 fully saturated rings. The second kappa shape index (κ2) is 7.84. The van der Waals surface area contributed by atoms with Crippen molar-refractivity contribution in [3.8, 4) is 0 Å². The number of nitrogens with zero attached hydrogens (tertiary/aromatic N) is 1. The van der Waals surface area contributed by atoms with E-state index < -0.39 is 6.16 Å². The summed E-state index contributed by atoms with van der Waals surface area (Å²) >= 11 is 0. The van der Waals surface area contributed by atoms with Crippen molar-refractivity contribution in [3.05, 3.63) is 0 Å². The van der Waals surface area contributed by atoms with E-state index in [1.54, 1.807) is 0 Å². The van der Waals surface area contributed by atoms with Crippen LogP contribution in [0.3, 0.4) is 0 Å². The van der Waals surface area contributed by atoms with Crippen molar-refractivity contribution < 1.29 is 15.0 Å². The van der Waals surface area contributed by atoms with Crippen molar-refractivity contribution in [1.82, 2.24) is 5.43 Å². The van der Waals surface area contributed by atoms with E-state index in [0.717, 1.165) is 5.71 Å². The number of rotatable bonds is 2. The van der Waals surface area contributed by atoms with Gasteiger partial charge in [-0.25, -0.2) is 10.2 Å². The number of guanidine groups is 1. The predicted molar refractivity (Wildman–Crippen MR) is 53.7 cm³/mol. The Kier molecular flexibility index (Phi) is 8.24. The van der Waals surface area contributed by atoms with E-state index >= 15 is 0 Å². The van der Waals surface area contributed by atoms with Gasteiger partial charge < -0.3 is 15.9 Å². The summed E-state index contributed by atoms with van der Waals surface area (Å²) in [5.74, 6) is 0.270. The molecule has 0 aromatic heterocycles. The molecule has 0 aliphatic heterocycles. The molecule has 0 spiro atoms. The number of carbonyl (C=O) groups is 1. The molecule has 0 aromatic rings. The van der Waals surface area contributed by atoms with Crippen molar-refractivity contribution in [2.75, 3.05) is 0 Å². The zero-order valence-electron chi connectivity index (χ0n) is 8.40. The lowest BCUT2D eigenvalue weighted by molar-refractivity contribution is 0.137. The normalized spacial score (nSPS) is 10.1. The van der Waals surface area contributed by atoms with Gasteiger partial charge in [0.2, 0.25) is 5.96 Å². The molecule has 0 amide bonds. The van der Waals surface area contributed by atoms with Crippen molar-refractivity contribution in [3.63, 3.8) is 0 Å². The van der Waals surface area contributed by atoms with Gasteiger partial charge in [-0.3, -0.25) is 5.41 Å². The van der Waals surface area contributed by atoms with Crippen LogP contribution in [0.15, 0.2) is 5.10 Å². The van der Waals surface area contributed by atoms with E-state index in [0.29, 0.717) is 5.92 Å². The molecule has 0 rings (SSSR count). The number of hydrazone groups is 1. The molecule has 82 valence electrons. The van der Waals surface area contributed by atoms with Crippen molar-refractivity contribution >= 4 is 17.8 Å². The van der Waals surface area contributed by atoms with Crippen LogP contribution < -0.4 is 11.2 Å². The topological polar surface area (TPSA) is 132 Å². The average Bonchev–Trinajstić information content (AvgIpc) is 1.98. The van der Waals surface area contributed by atoms with Crippen molar-refractivity contribution in [2.45, 2.75) is 20.8 Å². The molecule has 0 heterocycles. The van der Waals surface area contributed by atoms with Gasteiger partial charge in [0.25, 0.3) is 0 Å². The van der Waals surface area contributed by atoms with Gasteiger partial charge in [0, 0.05) is 5.71 Å². The highest BCUT2D eigenvalue weighted by Gasteiger charge is 1.96. The first kappa shape index (κ1) is 14.7. The predicted octanol–water partition coefficient (Wildman–Crippen LogP) is 0.724. The van der Waals surface area contributed by atoms with Crippen LogP contribution >= 0.6 is 0 Å². The molecular weight excluding hydrogens is 188 g/mol. The molecule has 0 saturated carbocycles. The maximum atomic E-state index is 8.56. The highest BCUT2D eigenvalue weighted by atomic mass is 16.6. The molecule has 6 N–H and O–H groups in total. The molecule has 7 nitrogen and oxygen atoms in total. The highest BCUT2D eigenvalue weighted by Crippen LogP contribution is 1.93. The maximum absolute atomic E-state index is 8.56. The Morgan fingerprint density at radius 3 is 2.07 bits per heavy atom. The van der Waals surface area contributed by atoms with Crippen LogP contribution in [0.25, 0.3) is 0 Å². The van der Waals surface area contributed by atoms with Gasteiger partial charge in [-0.1, -0.05) is 13.8 Å². The second-order valence-electron chi connectivity index (χ2n) is 2.72. The standard InChI is InChI=1S/C6H14N4.CH2O3/c1-4(2)5(3)9-10-6(7)8;2-1(3)4/h4H,1-3H3,(H4,7,8,10);(H2,2,3,4)/b9-5+;. The molecule has 14 heavy (non-hydrogen) atoms. The first-order valence-corrected chi connectivity index (χ1v) is 3.83. The molecule has 0 radical (unpaired) electrons. The minimum absolute atomic E-state index is 0.125.